The lowest BCUT2D eigenvalue weighted by molar-refractivity contribution is -0.350. The summed E-state index contributed by atoms with van der Waals surface area (Å²) in [5, 5.41) is 136. The van der Waals surface area contributed by atoms with E-state index in [9.17, 15) is 80.1 Å². The van der Waals surface area contributed by atoms with Crippen LogP contribution in [0.4, 0.5) is 0 Å². The zero-order valence-corrected chi connectivity index (χ0v) is 39.6. The Bertz CT molecular complexity index is 1610. The van der Waals surface area contributed by atoms with Crippen molar-refractivity contribution < 1.29 is 104 Å². The van der Waals surface area contributed by atoms with Gasteiger partial charge in [-0.05, 0) is 19.0 Å². The lowest BCUT2D eigenvalue weighted by Gasteiger charge is -2.49. The number of aliphatic carboxylic acids is 3. The molecule has 15 unspecified atom stereocenters. The van der Waals surface area contributed by atoms with Gasteiger partial charge in [0.2, 0.25) is 11.8 Å². The number of aliphatic hydroxyl groups is 9. The average Bonchev–Trinajstić information content (AvgIpc) is 3.31. The van der Waals surface area contributed by atoms with E-state index in [4.69, 9.17) is 29.8 Å². The van der Waals surface area contributed by atoms with Gasteiger partial charge in [-0.3, -0.25) is 9.59 Å². The molecule has 2 saturated heterocycles. The third-order valence-electron chi connectivity index (χ3n) is 12.2. The minimum atomic E-state index is -3.23. The summed E-state index contributed by atoms with van der Waals surface area (Å²) in [4.78, 5) is 62.2. The first kappa shape index (κ1) is 61.6. The van der Waals surface area contributed by atoms with Crippen molar-refractivity contribution in [3.63, 3.8) is 0 Å². The lowest BCUT2D eigenvalue weighted by Crippen LogP contribution is -2.70. The van der Waals surface area contributed by atoms with Gasteiger partial charge in [0, 0.05) is 32.2 Å². The summed E-state index contributed by atoms with van der Waals surface area (Å²) in [6, 6.07) is -4.86. The minimum absolute atomic E-state index is 0.159. The van der Waals surface area contributed by atoms with Crippen molar-refractivity contribution in [2.75, 3.05) is 26.3 Å². The number of nitrogens with one attached hydrogen (secondary N) is 3. The van der Waals surface area contributed by atoms with Crippen LogP contribution >= 0.6 is 0 Å². The SMILES string of the molecule is CCCCCCCCCCCCNCC(O)C1OC(OC(CO)C(O)C2OC(OC(CO)C(O)C(O)C(/C=C/[C@@H](O)C(=O)O)NC(=O)CC)(C(=O)O)CC(O)C2NC(=O)CC)(C(=O)O)CC(O)C1N. The molecule has 0 saturated carbocycles. The second-order valence-corrected chi connectivity index (χ2v) is 17.6. The molecule has 0 bridgehead atoms. The van der Waals surface area contributed by atoms with Gasteiger partial charge in [-0.1, -0.05) is 84.6 Å². The highest BCUT2D eigenvalue weighted by atomic mass is 16.8. The molecule has 25 heteroatoms. The van der Waals surface area contributed by atoms with E-state index < -0.39 is 153 Å². The monoisotopic (exact) mass is 999 g/mol. The number of rotatable bonds is 34. The Balaban J connectivity index is 2.40. The number of carbonyl (C=O) groups excluding carboxylic acids is 2. The van der Waals surface area contributed by atoms with Crippen LogP contribution in [0.15, 0.2) is 12.2 Å². The molecule has 17 N–H and O–H groups in total. The summed E-state index contributed by atoms with van der Waals surface area (Å²) in [7, 11) is 0. The van der Waals surface area contributed by atoms with E-state index in [1.54, 1.807) is 0 Å². The minimum Gasteiger partial charge on any atom is -0.479 e. The van der Waals surface area contributed by atoms with Gasteiger partial charge in [0.25, 0.3) is 11.6 Å². The molecule has 2 amide bonds. The highest BCUT2D eigenvalue weighted by molar-refractivity contribution is 5.78. The number of nitrogens with two attached hydrogens (primary N) is 1. The van der Waals surface area contributed by atoms with Crippen LogP contribution in [0.25, 0.3) is 0 Å². The molecule has 25 nitrogen and oxygen atoms in total. The normalized spacial score (nSPS) is 28.7. The summed E-state index contributed by atoms with van der Waals surface area (Å²) < 4.78 is 22.8. The van der Waals surface area contributed by atoms with E-state index in [1.165, 1.54) is 46.0 Å². The van der Waals surface area contributed by atoms with Crippen molar-refractivity contribution in [1.29, 1.82) is 0 Å². The molecule has 2 heterocycles. The van der Waals surface area contributed by atoms with E-state index in [0.29, 0.717) is 12.6 Å². The smallest absolute Gasteiger partial charge is 0.364 e. The molecular weight excluding hydrogens is 920 g/mol. The maximum Gasteiger partial charge on any atom is 0.364 e. The van der Waals surface area contributed by atoms with Crippen molar-refractivity contribution in [1.82, 2.24) is 16.0 Å². The summed E-state index contributed by atoms with van der Waals surface area (Å²) >= 11 is 0. The van der Waals surface area contributed by atoms with E-state index in [1.807, 2.05) is 0 Å². The first-order valence-corrected chi connectivity index (χ1v) is 23.7. The summed E-state index contributed by atoms with van der Waals surface area (Å²) in [6.07, 6.45) is -12.8. The van der Waals surface area contributed by atoms with Crippen LogP contribution in [0.2, 0.25) is 0 Å². The second-order valence-electron chi connectivity index (χ2n) is 17.6. The number of amides is 2. The standard InChI is InChI=1S/C44H78N4O21/c1-4-7-8-9-10-11-12-13-14-15-18-46-21-28(54)38-33(45)26(52)19-43(68-38,41(62)63)67-30(23-50)37(59)39-34(48-32(56)6-3)27(53)20-44(69-39,42(64)65)66-29(22-49)36(58)35(57)24(47-31(55)5-2)16-17-25(51)40(60)61/h16-17,24-30,33-39,46,49-54,57-59H,4-15,18-23,45H2,1-3H3,(H,47,55)(H,48,56)(H,60,61)(H,62,63)(H,64,65)/b17-16+/t24?,25-,26?,27?,28?,29?,30?,33?,34?,35?,36?,37?,38?,39?,43?,44?/m1/s1. The van der Waals surface area contributed by atoms with Crippen LogP contribution < -0.4 is 21.7 Å². The maximum absolute atomic E-state index is 13.1. The van der Waals surface area contributed by atoms with Crippen LogP contribution in [0, 0.1) is 0 Å². The third kappa shape index (κ3) is 18.2. The number of carboxylic acids is 3. The molecule has 69 heavy (non-hydrogen) atoms. The lowest BCUT2D eigenvalue weighted by atomic mass is 9.87. The van der Waals surface area contributed by atoms with E-state index >= 15 is 0 Å². The molecule has 0 aromatic rings. The summed E-state index contributed by atoms with van der Waals surface area (Å²) in [6.45, 7) is 2.67. The van der Waals surface area contributed by atoms with E-state index in [2.05, 4.69) is 22.9 Å². The van der Waals surface area contributed by atoms with Gasteiger partial charge in [-0.15, -0.1) is 0 Å². The van der Waals surface area contributed by atoms with Crippen molar-refractivity contribution in [2.45, 2.75) is 208 Å². The van der Waals surface area contributed by atoms with E-state index in [-0.39, 0.29) is 19.4 Å². The molecule has 400 valence electrons. The highest BCUT2D eigenvalue weighted by Crippen LogP contribution is 2.38. The zero-order valence-electron chi connectivity index (χ0n) is 39.6. The molecule has 2 aliphatic heterocycles. The van der Waals surface area contributed by atoms with Gasteiger partial charge in [-0.2, -0.15) is 0 Å². The number of aliphatic hydroxyl groups excluding tert-OH is 9. The molecule has 2 fully saturated rings. The van der Waals surface area contributed by atoms with Crippen molar-refractivity contribution in [3.8, 4) is 0 Å². The molecule has 0 radical (unpaired) electrons. The first-order chi connectivity index (χ1) is 32.6. The number of carboxylic acid groups (broad SMARTS) is 3. The molecule has 2 rings (SSSR count). The first-order valence-electron chi connectivity index (χ1n) is 23.7. The van der Waals surface area contributed by atoms with Gasteiger partial charge < -0.3 is 102 Å². The molecule has 0 aromatic heterocycles. The molecule has 0 aliphatic carbocycles. The molecule has 2 aliphatic rings. The van der Waals surface area contributed by atoms with Gasteiger partial charge >= 0.3 is 17.9 Å². The van der Waals surface area contributed by atoms with Crippen LogP contribution in [0.3, 0.4) is 0 Å². The molecule has 0 aromatic carbocycles. The Kier molecular flexibility index (Phi) is 27.1. The molecular formula is C44H78N4O21. The number of ether oxygens (including phenoxy) is 4. The van der Waals surface area contributed by atoms with Crippen molar-refractivity contribution in [2.24, 2.45) is 5.73 Å². The van der Waals surface area contributed by atoms with E-state index in [0.717, 1.165) is 38.2 Å². The zero-order chi connectivity index (χ0) is 52.1. The number of carbonyl (C=O) groups is 5. The molecule has 16 atom stereocenters. The number of unbranched alkanes of at least 4 members (excludes halogenated alkanes) is 9. The highest BCUT2D eigenvalue weighted by Gasteiger charge is 2.60. The fourth-order valence-electron chi connectivity index (χ4n) is 8.06. The molecule has 0 spiro atoms. The van der Waals surface area contributed by atoms with Crippen LogP contribution in [-0.2, 0) is 42.9 Å². The Morgan fingerprint density at radius 2 is 1.20 bits per heavy atom. The van der Waals surface area contributed by atoms with Crippen LogP contribution in [-0.4, -0.2) is 214 Å². The van der Waals surface area contributed by atoms with Crippen LogP contribution in [0.5, 0.6) is 0 Å². The van der Waals surface area contributed by atoms with Crippen molar-refractivity contribution >= 4 is 29.7 Å². The fourth-order valence-corrected chi connectivity index (χ4v) is 8.06. The number of hydrogen-bond donors (Lipinski definition) is 16. The van der Waals surface area contributed by atoms with Crippen molar-refractivity contribution in [3.05, 3.63) is 12.2 Å². The van der Waals surface area contributed by atoms with Crippen LogP contribution in [0.1, 0.15) is 111 Å². The summed E-state index contributed by atoms with van der Waals surface area (Å²) in [5.41, 5.74) is 6.17. The van der Waals surface area contributed by atoms with Gasteiger partial charge in [0.05, 0.1) is 49.7 Å². The Morgan fingerprint density at radius 1 is 0.696 bits per heavy atom. The largest absolute Gasteiger partial charge is 0.479 e. The predicted octanol–water partition coefficient (Wildman–Crippen LogP) is -3.32. The van der Waals surface area contributed by atoms with Gasteiger partial charge in [0.15, 0.2) is 6.10 Å². The Hall–Kier alpha value is -3.51. The number of hydrogen-bond acceptors (Lipinski definition) is 20. The Morgan fingerprint density at radius 3 is 1.71 bits per heavy atom. The average molecular weight is 999 g/mol. The van der Waals surface area contributed by atoms with Gasteiger partial charge in [0.1, 0.15) is 42.7 Å². The summed E-state index contributed by atoms with van der Waals surface area (Å²) in [5.74, 6) is -13.5. The predicted molar refractivity (Wildman–Crippen MR) is 240 cm³/mol. The fraction of sp³-hybridized carbons (Fsp3) is 0.841. The maximum atomic E-state index is 13.1. The quantitative estimate of drug-likeness (QED) is 0.0221. The second kappa shape index (κ2) is 30.4. The van der Waals surface area contributed by atoms with Gasteiger partial charge in [-0.25, -0.2) is 14.4 Å². The Labute approximate surface area is 401 Å². The topological polar surface area (TPSA) is 427 Å². The third-order valence-corrected chi connectivity index (χ3v) is 12.2.